The maximum Gasteiger partial charge on any atom is 0.416 e. The van der Waals surface area contributed by atoms with Crippen molar-refractivity contribution in [3.05, 3.63) is 83.4 Å². The molecule has 0 atom stereocenters. The molecule has 0 heterocycles. The fourth-order valence-corrected chi connectivity index (χ4v) is 2.86. The van der Waals surface area contributed by atoms with Gasteiger partial charge in [-0.05, 0) is 48.5 Å². The molecule has 0 aliphatic heterocycles. The van der Waals surface area contributed by atoms with Gasteiger partial charge in [0, 0.05) is 28.6 Å². The lowest BCUT2D eigenvalue weighted by molar-refractivity contribution is -0.137. The molecule has 0 spiro atoms. The van der Waals surface area contributed by atoms with Crippen molar-refractivity contribution in [1.29, 1.82) is 0 Å². The molecule has 0 unspecified atom stereocenters. The van der Waals surface area contributed by atoms with E-state index in [9.17, 15) is 22.8 Å². The minimum Gasteiger partial charge on any atom is -0.497 e. The Morgan fingerprint density at radius 3 is 1.81 bits per heavy atom. The van der Waals surface area contributed by atoms with E-state index in [-0.39, 0.29) is 16.8 Å². The monoisotopic (exact) mass is 444 g/mol. The fraction of sp³-hybridized carbons (Fsp3) is 0.130. The molecule has 2 amide bonds. The molecule has 0 radical (unpaired) electrons. The van der Waals surface area contributed by atoms with Gasteiger partial charge in [0.1, 0.15) is 11.5 Å². The minimum atomic E-state index is -4.52. The van der Waals surface area contributed by atoms with Gasteiger partial charge >= 0.3 is 6.18 Å². The average molecular weight is 444 g/mol. The number of rotatable bonds is 6. The van der Waals surface area contributed by atoms with Gasteiger partial charge in [-0.25, -0.2) is 0 Å². The number of ether oxygens (including phenoxy) is 2. The quantitative estimate of drug-likeness (QED) is 0.546. The third-order valence-corrected chi connectivity index (χ3v) is 4.44. The first-order valence-electron chi connectivity index (χ1n) is 9.32. The smallest absolute Gasteiger partial charge is 0.416 e. The Bertz CT molecular complexity index is 1120. The summed E-state index contributed by atoms with van der Waals surface area (Å²) < 4.78 is 48.9. The highest BCUT2D eigenvalue weighted by Crippen LogP contribution is 2.31. The molecule has 3 aromatic rings. The summed E-state index contributed by atoms with van der Waals surface area (Å²) in [5.74, 6) is -0.214. The van der Waals surface area contributed by atoms with Crippen LogP contribution in [0.2, 0.25) is 0 Å². The first kappa shape index (κ1) is 22.7. The summed E-state index contributed by atoms with van der Waals surface area (Å²) in [4.78, 5) is 25.1. The van der Waals surface area contributed by atoms with E-state index in [1.807, 2.05) is 0 Å². The fourth-order valence-electron chi connectivity index (χ4n) is 2.86. The maximum atomic E-state index is 12.9. The second kappa shape index (κ2) is 9.42. The number of nitrogens with one attached hydrogen (secondary N) is 2. The van der Waals surface area contributed by atoms with Crippen LogP contribution in [0.1, 0.15) is 26.3 Å². The number of benzene rings is 3. The Labute approximate surface area is 182 Å². The molecule has 0 fully saturated rings. The van der Waals surface area contributed by atoms with Gasteiger partial charge in [-0.15, -0.1) is 0 Å². The topological polar surface area (TPSA) is 76.7 Å². The van der Waals surface area contributed by atoms with Crippen molar-refractivity contribution in [2.45, 2.75) is 6.18 Å². The van der Waals surface area contributed by atoms with Crippen molar-refractivity contribution in [1.82, 2.24) is 0 Å². The zero-order valence-electron chi connectivity index (χ0n) is 17.1. The number of hydrogen-bond acceptors (Lipinski definition) is 4. The van der Waals surface area contributed by atoms with E-state index >= 15 is 0 Å². The molecule has 3 aromatic carbocycles. The summed E-state index contributed by atoms with van der Waals surface area (Å²) in [5, 5.41) is 5.10. The van der Waals surface area contributed by atoms with Crippen LogP contribution in [-0.4, -0.2) is 26.0 Å². The highest BCUT2D eigenvalue weighted by Gasteiger charge is 2.30. The molecule has 3 rings (SSSR count). The van der Waals surface area contributed by atoms with E-state index in [0.717, 1.165) is 12.1 Å². The molecule has 9 heteroatoms. The Balaban J connectivity index is 1.76. The summed E-state index contributed by atoms with van der Waals surface area (Å²) in [6.45, 7) is 0. The SMILES string of the molecule is COc1cc(OC)cc(C(=O)Nc2cccc(C(=O)Nc3cccc(C(F)(F)F)c3)c2)c1. The minimum absolute atomic E-state index is 0.00254. The van der Waals surface area contributed by atoms with Crippen molar-refractivity contribution in [3.63, 3.8) is 0 Å². The largest absolute Gasteiger partial charge is 0.497 e. The number of carbonyl (C=O) groups is 2. The number of halogens is 3. The Kier molecular flexibility index (Phi) is 6.67. The number of methoxy groups -OCH3 is 2. The predicted molar refractivity (Wildman–Crippen MR) is 113 cm³/mol. The van der Waals surface area contributed by atoms with Gasteiger partial charge in [-0.2, -0.15) is 13.2 Å². The van der Waals surface area contributed by atoms with Crippen molar-refractivity contribution in [3.8, 4) is 11.5 Å². The van der Waals surface area contributed by atoms with Crippen LogP contribution in [0, 0.1) is 0 Å². The highest BCUT2D eigenvalue weighted by atomic mass is 19.4. The first-order chi connectivity index (χ1) is 15.2. The summed E-state index contributed by atoms with van der Waals surface area (Å²) in [6, 6.07) is 15.0. The van der Waals surface area contributed by atoms with Crippen LogP contribution in [0.4, 0.5) is 24.5 Å². The molecule has 32 heavy (non-hydrogen) atoms. The first-order valence-corrected chi connectivity index (χ1v) is 9.32. The van der Waals surface area contributed by atoms with Crippen LogP contribution in [-0.2, 0) is 6.18 Å². The molecule has 0 saturated carbocycles. The van der Waals surface area contributed by atoms with E-state index in [0.29, 0.717) is 17.2 Å². The standard InChI is InChI=1S/C23H19F3N2O4/c1-31-19-10-15(11-20(13-19)32-2)22(30)27-17-7-3-5-14(9-17)21(29)28-18-8-4-6-16(12-18)23(24,25)26/h3-13H,1-2H3,(H,27,30)(H,28,29). The van der Waals surface area contributed by atoms with Gasteiger partial charge in [-0.1, -0.05) is 12.1 Å². The summed E-state index contributed by atoms with van der Waals surface area (Å²) in [7, 11) is 2.92. The normalized spacial score (nSPS) is 10.9. The second-order valence-electron chi connectivity index (χ2n) is 6.67. The van der Waals surface area contributed by atoms with Gasteiger partial charge in [0.2, 0.25) is 0 Å². The van der Waals surface area contributed by atoms with Gasteiger partial charge in [0.05, 0.1) is 19.8 Å². The van der Waals surface area contributed by atoms with Crippen LogP contribution in [0.15, 0.2) is 66.7 Å². The van der Waals surface area contributed by atoms with E-state index < -0.39 is 23.6 Å². The zero-order chi connectivity index (χ0) is 23.3. The molecule has 166 valence electrons. The van der Waals surface area contributed by atoms with E-state index in [1.165, 1.54) is 50.6 Å². The number of carbonyl (C=O) groups excluding carboxylic acids is 2. The second-order valence-corrected chi connectivity index (χ2v) is 6.67. The molecule has 0 aliphatic rings. The van der Waals surface area contributed by atoms with E-state index in [4.69, 9.17) is 9.47 Å². The van der Waals surface area contributed by atoms with Gasteiger partial charge in [0.15, 0.2) is 0 Å². The van der Waals surface area contributed by atoms with Gasteiger partial charge in [-0.3, -0.25) is 9.59 Å². The number of amides is 2. The lowest BCUT2D eigenvalue weighted by atomic mass is 10.1. The van der Waals surface area contributed by atoms with Crippen LogP contribution < -0.4 is 20.1 Å². The third kappa shape index (κ3) is 5.57. The van der Waals surface area contributed by atoms with Crippen LogP contribution >= 0.6 is 0 Å². The van der Waals surface area contributed by atoms with Crippen molar-refractivity contribution >= 4 is 23.2 Å². The molecule has 0 aliphatic carbocycles. The number of anilines is 2. The Morgan fingerprint density at radius 1 is 0.719 bits per heavy atom. The molecule has 2 N–H and O–H groups in total. The molecular weight excluding hydrogens is 425 g/mol. The lowest BCUT2D eigenvalue weighted by Crippen LogP contribution is -2.15. The lowest BCUT2D eigenvalue weighted by Gasteiger charge is -2.11. The average Bonchev–Trinajstić information content (AvgIpc) is 2.78. The summed E-state index contributed by atoms with van der Waals surface area (Å²) in [5.41, 5.74) is -0.107. The summed E-state index contributed by atoms with van der Waals surface area (Å²) in [6.07, 6.45) is -4.52. The van der Waals surface area contributed by atoms with Crippen LogP contribution in [0.3, 0.4) is 0 Å². The van der Waals surface area contributed by atoms with E-state index in [2.05, 4.69) is 10.6 Å². The molecular formula is C23H19F3N2O4. The van der Waals surface area contributed by atoms with Crippen LogP contribution in [0.5, 0.6) is 11.5 Å². The molecule has 0 bridgehead atoms. The summed E-state index contributed by atoms with van der Waals surface area (Å²) >= 11 is 0. The Morgan fingerprint density at radius 2 is 1.25 bits per heavy atom. The van der Waals surface area contributed by atoms with E-state index in [1.54, 1.807) is 18.2 Å². The maximum absolute atomic E-state index is 12.9. The van der Waals surface area contributed by atoms with Crippen molar-refractivity contribution < 1.29 is 32.2 Å². The van der Waals surface area contributed by atoms with Crippen molar-refractivity contribution in [2.75, 3.05) is 24.9 Å². The molecule has 6 nitrogen and oxygen atoms in total. The third-order valence-electron chi connectivity index (χ3n) is 4.44. The molecule has 0 aromatic heterocycles. The number of alkyl halides is 3. The predicted octanol–water partition coefficient (Wildman–Crippen LogP) is 5.23. The highest BCUT2D eigenvalue weighted by molar-refractivity contribution is 6.07. The van der Waals surface area contributed by atoms with Gasteiger partial charge in [0.25, 0.3) is 11.8 Å². The number of hydrogen-bond donors (Lipinski definition) is 2. The van der Waals surface area contributed by atoms with Crippen molar-refractivity contribution in [2.24, 2.45) is 0 Å². The van der Waals surface area contributed by atoms with Gasteiger partial charge < -0.3 is 20.1 Å². The molecule has 0 saturated heterocycles. The zero-order valence-corrected chi connectivity index (χ0v) is 17.1. The van der Waals surface area contributed by atoms with Crippen LogP contribution in [0.25, 0.3) is 0 Å². The Hall–Kier alpha value is -4.01.